The second kappa shape index (κ2) is 5.98. The SMILES string of the molecule is COC(=O)c1cccc(S(=O)(=O)N2CCC3CCC(C2)N3)c1. The van der Waals surface area contributed by atoms with E-state index < -0.39 is 16.0 Å². The van der Waals surface area contributed by atoms with Gasteiger partial charge >= 0.3 is 5.97 Å². The number of hydrogen-bond acceptors (Lipinski definition) is 5. The van der Waals surface area contributed by atoms with Gasteiger partial charge in [0.15, 0.2) is 0 Å². The number of esters is 1. The third kappa shape index (κ3) is 2.88. The van der Waals surface area contributed by atoms with Crippen molar-refractivity contribution in [1.82, 2.24) is 9.62 Å². The first-order chi connectivity index (χ1) is 10.5. The largest absolute Gasteiger partial charge is 0.465 e. The minimum atomic E-state index is -3.59. The summed E-state index contributed by atoms with van der Waals surface area (Å²) in [4.78, 5) is 11.7. The van der Waals surface area contributed by atoms with Gasteiger partial charge in [0.05, 0.1) is 17.6 Å². The van der Waals surface area contributed by atoms with Crippen LogP contribution in [-0.2, 0) is 14.8 Å². The van der Waals surface area contributed by atoms with Crippen molar-refractivity contribution in [2.24, 2.45) is 0 Å². The molecule has 22 heavy (non-hydrogen) atoms. The van der Waals surface area contributed by atoms with Crippen molar-refractivity contribution >= 4 is 16.0 Å². The number of carbonyl (C=O) groups is 1. The van der Waals surface area contributed by atoms with Gasteiger partial charge in [-0.3, -0.25) is 0 Å². The normalized spacial score (nSPS) is 25.7. The predicted octanol–water partition coefficient (Wildman–Crippen LogP) is 0.988. The summed E-state index contributed by atoms with van der Waals surface area (Å²) in [5, 5.41) is 3.46. The molecule has 2 heterocycles. The molecule has 2 atom stereocenters. The number of hydrogen-bond donors (Lipinski definition) is 1. The summed E-state index contributed by atoms with van der Waals surface area (Å²) in [7, 11) is -2.31. The number of fused-ring (bicyclic) bond motifs is 2. The molecule has 0 amide bonds. The zero-order valence-corrected chi connectivity index (χ0v) is 13.3. The van der Waals surface area contributed by atoms with E-state index in [4.69, 9.17) is 0 Å². The first-order valence-electron chi connectivity index (χ1n) is 7.45. The molecule has 1 N–H and O–H groups in total. The van der Waals surface area contributed by atoms with E-state index in [1.807, 2.05) is 0 Å². The fraction of sp³-hybridized carbons (Fsp3) is 0.533. The molecular formula is C15H20N2O4S. The van der Waals surface area contributed by atoms with Crippen LogP contribution < -0.4 is 5.32 Å². The fourth-order valence-corrected chi connectivity index (χ4v) is 4.73. The Labute approximate surface area is 130 Å². The van der Waals surface area contributed by atoms with Crippen molar-refractivity contribution in [2.75, 3.05) is 20.2 Å². The lowest BCUT2D eigenvalue weighted by Gasteiger charge is -2.23. The van der Waals surface area contributed by atoms with Crippen LogP contribution in [0, 0.1) is 0 Å². The highest BCUT2D eigenvalue weighted by Gasteiger charge is 2.35. The lowest BCUT2D eigenvalue weighted by atomic mass is 10.1. The summed E-state index contributed by atoms with van der Waals surface area (Å²) in [5.74, 6) is -0.534. The summed E-state index contributed by atoms with van der Waals surface area (Å²) in [6, 6.07) is 6.69. The number of sulfonamides is 1. The van der Waals surface area contributed by atoms with Gasteiger partial charge in [-0.2, -0.15) is 4.31 Å². The maximum absolute atomic E-state index is 12.8. The minimum absolute atomic E-state index is 0.146. The maximum atomic E-state index is 12.8. The van der Waals surface area contributed by atoms with E-state index >= 15 is 0 Å². The number of ether oxygens (including phenoxy) is 1. The zero-order valence-electron chi connectivity index (χ0n) is 12.5. The van der Waals surface area contributed by atoms with Gasteiger partial charge in [-0.25, -0.2) is 13.2 Å². The molecule has 0 spiro atoms. The number of benzene rings is 1. The number of methoxy groups -OCH3 is 1. The number of rotatable bonds is 3. The molecule has 0 saturated carbocycles. The van der Waals surface area contributed by atoms with Gasteiger partial charge in [-0.05, 0) is 37.5 Å². The standard InChI is InChI=1S/C15H20N2O4S/c1-21-15(18)11-3-2-4-14(9-11)22(19,20)17-8-7-12-5-6-13(10-17)16-12/h2-4,9,12-13,16H,5-8,10H2,1H3. The molecule has 1 aromatic rings. The minimum Gasteiger partial charge on any atom is -0.465 e. The van der Waals surface area contributed by atoms with E-state index in [-0.39, 0.29) is 16.5 Å². The quantitative estimate of drug-likeness (QED) is 0.839. The Bertz CT molecular complexity index is 674. The molecule has 120 valence electrons. The topological polar surface area (TPSA) is 75.7 Å². The van der Waals surface area contributed by atoms with Crippen molar-refractivity contribution in [3.63, 3.8) is 0 Å². The highest BCUT2D eigenvalue weighted by Crippen LogP contribution is 2.25. The number of nitrogens with one attached hydrogen (secondary N) is 1. The van der Waals surface area contributed by atoms with Gasteiger partial charge in [0, 0.05) is 25.2 Å². The van der Waals surface area contributed by atoms with Crippen molar-refractivity contribution in [2.45, 2.75) is 36.2 Å². The Morgan fingerprint density at radius 3 is 2.82 bits per heavy atom. The Morgan fingerprint density at radius 2 is 2.05 bits per heavy atom. The molecule has 0 aliphatic carbocycles. The second-order valence-corrected chi connectivity index (χ2v) is 7.75. The maximum Gasteiger partial charge on any atom is 0.337 e. The van der Waals surface area contributed by atoms with E-state index in [0.29, 0.717) is 19.1 Å². The number of nitrogens with zero attached hydrogens (tertiary/aromatic N) is 1. The second-order valence-electron chi connectivity index (χ2n) is 5.81. The van der Waals surface area contributed by atoms with Crippen molar-refractivity contribution in [1.29, 1.82) is 0 Å². The van der Waals surface area contributed by atoms with Crippen molar-refractivity contribution in [3.8, 4) is 0 Å². The van der Waals surface area contributed by atoms with Crippen LogP contribution in [0.3, 0.4) is 0 Å². The van der Waals surface area contributed by atoms with Crippen LogP contribution in [-0.4, -0.2) is 51.0 Å². The van der Waals surface area contributed by atoms with E-state index in [1.165, 1.54) is 23.5 Å². The highest BCUT2D eigenvalue weighted by atomic mass is 32.2. The van der Waals surface area contributed by atoms with Crippen LogP contribution >= 0.6 is 0 Å². The van der Waals surface area contributed by atoms with Gasteiger partial charge in [-0.15, -0.1) is 0 Å². The Hall–Kier alpha value is -1.44. The lowest BCUT2D eigenvalue weighted by molar-refractivity contribution is 0.0600. The van der Waals surface area contributed by atoms with Gasteiger partial charge in [0.2, 0.25) is 10.0 Å². The summed E-state index contributed by atoms with van der Waals surface area (Å²) in [6.07, 6.45) is 2.96. The molecule has 7 heteroatoms. The van der Waals surface area contributed by atoms with Gasteiger partial charge < -0.3 is 10.1 Å². The van der Waals surface area contributed by atoms with Crippen LogP contribution in [0.4, 0.5) is 0 Å². The lowest BCUT2D eigenvalue weighted by Crippen LogP contribution is -2.39. The molecule has 6 nitrogen and oxygen atoms in total. The van der Waals surface area contributed by atoms with Crippen molar-refractivity contribution < 1.29 is 17.9 Å². The molecule has 2 saturated heterocycles. The van der Waals surface area contributed by atoms with Gasteiger partial charge in [0.25, 0.3) is 0 Å². The summed E-state index contributed by atoms with van der Waals surface area (Å²) >= 11 is 0. The van der Waals surface area contributed by atoms with Gasteiger partial charge in [0.1, 0.15) is 0 Å². The van der Waals surface area contributed by atoms with Crippen LogP contribution in [0.15, 0.2) is 29.2 Å². The first kappa shape index (κ1) is 15.5. The van der Waals surface area contributed by atoms with E-state index in [2.05, 4.69) is 10.1 Å². The third-order valence-electron chi connectivity index (χ3n) is 4.38. The van der Waals surface area contributed by atoms with E-state index in [9.17, 15) is 13.2 Å². The average Bonchev–Trinajstić information content (AvgIpc) is 2.85. The van der Waals surface area contributed by atoms with E-state index in [1.54, 1.807) is 12.1 Å². The Balaban J connectivity index is 1.87. The molecule has 2 bridgehead atoms. The molecule has 2 unspecified atom stereocenters. The Kier molecular flexibility index (Phi) is 4.20. The van der Waals surface area contributed by atoms with Crippen molar-refractivity contribution in [3.05, 3.63) is 29.8 Å². The molecule has 3 rings (SSSR count). The van der Waals surface area contributed by atoms with Gasteiger partial charge in [-0.1, -0.05) is 6.07 Å². The zero-order chi connectivity index (χ0) is 15.7. The van der Waals surface area contributed by atoms with E-state index in [0.717, 1.165) is 19.3 Å². The molecule has 2 aliphatic heterocycles. The van der Waals surface area contributed by atoms with Crippen LogP contribution in [0.5, 0.6) is 0 Å². The molecule has 0 aromatic heterocycles. The smallest absolute Gasteiger partial charge is 0.337 e. The molecule has 2 fully saturated rings. The first-order valence-corrected chi connectivity index (χ1v) is 8.89. The number of carbonyl (C=O) groups excluding carboxylic acids is 1. The predicted molar refractivity (Wildman–Crippen MR) is 81.1 cm³/mol. The highest BCUT2D eigenvalue weighted by molar-refractivity contribution is 7.89. The van der Waals surface area contributed by atoms with Crippen LogP contribution in [0.2, 0.25) is 0 Å². The Morgan fingerprint density at radius 1 is 1.27 bits per heavy atom. The van der Waals surface area contributed by atoms with Crippen LogP contribution in [0.1, 0.15) is 29.6 Å². The summed E-state index contributed by atoms with van der Waals surface area (Å²) in [5.41, 5.74) is 0.248. The molecule has 1 aromatic carbocycles. The monoisotopic (exact) mass is 324 g/mol. The molecular weight excluding hydrogens is 304 g/mol. The molecule has 2 aliphatic rings. The summed E-state index contributed by atoms with van der Waals surface area (Å²) in [6.45, 7) is 1.00. The summed E-state index contributed by atoms with van der Waals surface area (Å²) < 4.78 is 31.8. The third-order valence-corrected chi connectivity index (χ3v) is 6.24. The average molecular weight is 324 g/mol. The fourth-order valence-electron chi connectivity index (χ4n) is 3.18. The molecule has 0 radical (unpaired) electrons. The van der Waals surface area contributed by atoms with Crippen LogP contribution in [0.25, 0.3) is 0 Å².